The van der Waals surface area contributed by atoms with E-state index in [4.69, 9.17) is 4.99 Å². The minimum atomic E-state index is -0.420. The van der Waals surface area contributed by atoms with Crippen molar-refractivity contribution in [2.45, 2.75) is 32.2 Å². The Morgan fingerprint density at radius 2 is 2.00 bits per heavy atom. The van der Waals surface area contributed by atoms with Crippen LogP contribution in [0.5, 0.6) is 0 Å². The lowest BCUT2D eigenvalue weighted by Crippen LogP contribution is -2.40. The van der Waals surface area contributed by atoms with Gasteiger partial charge in [-0.3, -0.25) is 9.79 Å². The number of fused-ring (bicyclic) bond motifs is 4. The van der Waals surface area contributed by atoms with Crippen molar-refractivity contribution in [2.24, 2.45) is 10.9 Å². The van der Waals surface area contributed by atoms with E-state index in [1.807, 2.05) is 36.6 Å². The lowest BCUT2D eigenvalue weighted by molar-refractivity contribution is 0.413. The summed E-state index contributed by atoms with van der Waals surface area (Å²) < 4.78 is 0. The van der Waals surface area contributed by atoms with Gasteiger partial charge >= 0.3 is 0 Å². The minimum Gasteiger partial charge on any atom is -0.326 e. The third kappa shape index (κ3) is 3.14. The summed E-state index contributed by atoms with van der Waals surface area (Å²) >= 11 is 0. The standard InChI is InChI=1S/C24H24N2O/c1-3-20-19-14-17(2)16-24(20,21-11-12-23(27)26-22(21)15-19)25-13-7-10-18-8-5-4-6-9-18/h3-14,19H,15-16H2,1-2H3,(H,26,27)/b10-7+,20-3+,25-13+/t19-,24+/m0/s1. The third-order valence-electron chi connectivity index (χ3n) is 5.55. The highest BCUT2D eigenvalue weighted by Gasteiger charge is 2.46. The number of nitrogens with one attached hydrogen (secondary N) is 1. The molecule has 0 radical (unpaired) electrons. The van der Waals surface area contributed by atoms with Crippen LogP contribution in [-0.4, -0.2) is 11.2 Å². The second-order valence-corrected chi connectivity index (χ2v) is 7.37. The molecule has 4 rings (SSSR count). The molecule has 2 aliphatic rings. The number of H-pyrrole nitrogens is 1. The van der Waals surface area contributed by atoms with Gasteiger partial charge in [0, 0.05) is 35.9 Å². The Labute approximate surface area is 159 Å². The second kappa shape index (κ2) is 6.99. The number of hydrogen-bond acceptors (Lipinski definition) is 2. The molecule has 0 saturated heterocycles. The maximum absolute atomic E-state index is 11.9. The molecule has 136 valence electrons. The predicted octanol–water partition coefficient (Wildman–Crippen LogP) is 4.82. The van der Waals surface area contributed by atoms with E-state index < -0.39 is 5.54 Å². The fraction of sp³-hybridized carbons (Fsp3) is 0.250. The fourth-order valence-electron chi connectivity index (χ4n) is 4.54. The lowest BCUT2D eigenvalue weighted by atomic mass is 9.63. The first-order valence-electron chi connectivity index (χ1n) is 9.46. The van der Waals surface area contributed by atoms with Gasteiger partial charge in [0.05, 0.1) is 0 Å². The maximum Gasteiger partial charge on any atom is 0.248 e. The minimum absolute atomic E-state index is 0.0421. The number of aromatic amines is 1. The molecule has 1 aromatic heterocycles. The Morgan fingerprint density at radius 3 is 2.78 bits per heavy atom. The summed E-state index contributed by atoms with van der Waals surface area (Å²) in [6.07, 6.45) is 12.2. The molecule has 2 bridgehead atoms. The number of nitrogens with zero attached hydrogens (tertiary/aromatic N) is 1. The molecule has 0 spiro atoms. The van der Waals surface area contributed by atoms with E-state index in [1.54, 1.807) is 6.07 Å². The summed E-state index contributed by atoms with van der Waals surface area (Å²) in [5.74, 6) is 0.296. The van der Waals surface area contributed by atoms with E-state index >= 15 is 0 Å². The maximum atomic E-state index is 11.9. The smallest absolute Gasteiger partial charge is 0.248 e. The van der Waals surface area contributed by atoms with Crippen LogP contribution < -0.4 is 5.56 Å². The lowest BCUT2D eigenvalue weighted by Gasteiger charge is -2.45. The monoisotopic (exact) mass is 356 g/mol. The molecular formula is C24H24N2O. The SMILES string of the molecule is C/C=C1\[C@H]2C=C(C)C[C@]1(/N=C/C=C/c1ccccc1)c1ccc(=O)[nH]c1C2. The molecule has 3 nitrogen and oxygen atoms in total. The van der Waals surface area contributed by atoms with Crippen LogP contribution in [0.25, 0.3) is 6.08 Å². The van der Waals surface area contributed by atoms with Crippen molar-refractivity contribution in [3.8, 4) is 0 Å². The number of allylic oxidation sites excluding steroid dienone is 3. The number of benzene rings is 1. The summed E-state index contributed by atoms with van der Waals surface area (Å²) in [5.41, 5.74) is 5.52. The van der Waals surface area contributed by atoms with Crippen molar-refractivity contribution < 1.29 is 0 Å². The Balaban J connectivity index is 1.79. The van der Waals surface area contributed by atoms with E-state index in [2.05, 4.69) is 49.2 Å². The normalized spacial score (nSPS) is 25.8. The molecule has 2 aromatic rings. The molecule has 0 unspecified atom stereocenters. The van der Waals surface area contributed by atoms with Crippen LogP contribution in [0.2, 0.25) is 0 Å². The number of aliphatic imine (C=N–C) groups is 1. The molecule has 0 amide bonds. The van der Waals surface area contributed by atoms with Gasteiger partial charge in [0.25, 0.3) is 0 Å². The van der Waals surface area contributed by atoms with Gasteiger partial charge < -0.3 is 4.98 Å². The first-order valence-corrected chi connectivity index (χ1v) is 9.46. The quantitative estimate of drug-likeness (QED) is 0.622. The van der Waals surface area contributed by atoms with E-state index in [-0.39, 0.29) is 5.56 Å². The molecule has 2 atom stereocenters. The highest BCUT2D eigenvalue weighted by Crippen LogP contribution is 2.51. The van der Waals surface area contributed by atoms with Gasteiger partial charge in [-0.15, -0.1) is 0 Å². The Kier molecular flexibility index (Phi) is 4.53. The summed E-state index contributed by atoms with van der Waals surface area (Å²) in [6.45, 7) is 4.28. The zero-order chi connectivity index (χ0) is 18.9. The van der Waals surface area contributed by atoms with Crippen LogP contribution in [0.4, 0.5) is 0 Å². The summed E-state index contributed by atoms with van der Waals surface area (Å²) in [7, 11) is 0. The van der Waals surface area contributed by atoms with Gasteiger partial charge in [0.2, 0.25) is 5.56 Å². The van der Waals surface area contributed by atoms with Crippen LogP contribution in [-0.2, 0) is 12.0 Å². The predicted molar refractivity (Wildman–Crippen MR) is 112 cm³/mol. The van der Waals surface area contributed by atoms with E-state index in [9.17, 15) is 4.79 Å². The van der Waals surface area contributed by atoms with E-state index in [0.717, 1.165) is 29.7 Å². The number of rotatable bonds is 3. The first-order chi connectivity index (χ1) is 13.1. The average molecular weight is 356 g/mol. The second-order valence-electron chi connectivity index (χ2n) is 7.37. The van der Waals surface area contributed by atoms with Crippen LogP contribution in [0.15, 0.2) is 81.6 Å². The first kappa shape index (κ1) is 17.5. The van der Waals surface area contributed by atoms with E-state index in [0.29, 0.717) is 5.92 Å². The molecule has 1 N–H and O–H groups in total. The topological polar surface area (TPSA) is 45.2 Å². The Morgan fingerprint density at radius 1 is 1.19 bits per heavy atom. The molecule has 3 heteroatoms. The zero-order valence-electron chi connectivity index (χ0n) is 15.8. The Hall–Kier alpha value is -2.94. The van der Waals surface area contributed by atoms with Crippen molar-refractivity contribution in [1.82, 2.24) is 4.98 Å². The number of aromatic nitrogens is 1. The van der Waals surface area contributed by atoms with Gasteiger partial charge in [-0.05, 0) is 43.5 Å². The van der Waals surface area contributed by atoms with Crippen LogP contribution >= 0.6 is 0 Å². The van der Waals surface area contributed by atoms with Crippen molar-refractivity contribution in [1.29, 1.82) is 0 Å². The Bertz CT molecular complexity index is 1020. The molecule has 2 aliphatic carbocycles. The van der Waals surface area contributed by atoms with Crippen molar-refractivity contribution in [3.63, 3.8) is 0 Å². The molecule has 27 heavy (non-hydrogen) atoms. The van der Waals surface area contributed by atoms with Crippen LogP contribution in [0, 0.1) is 5.92 Å². The van der Waals surface area contributed by atoms with Gasteiger partial charge in [-0.25, -0.2) is 0 Å². The van der Waals surface area contributed by atoms with Crippen LogP contribution in [0.3, 0.4) is 0 Å². The molecule has 1 heterocycles. The van der Waals surface area contributed by atoms with Crippen molar-refractivity contribution in [3.05, 3.63) is 99.0 Å². The average Bonchev–Trinajstić information content (AvgIpc) is 2.65. The highest BCUT2D eigenvalue weighted by molar-refractivity contribution is 5.79. The fourth-order valence-corrected chi connectivity index (χ4v) is 4.54. The van der Waals surface area contributed by atoms with Crippen molar-refractivity contribution >= 4 is 12.3 Å². The summed E-state index contributed by atoms with van der Waals surface area (Å²) in [6, 6.07) is 13.8. The van der Waals surface area contributed by atoms with Gasteiger partial charge in [0.1, 0.15) is 5.54 Å². The summed E-state index contributed by atoms with van der Waals surface area (Å²) in [4.78, 5) is 20.0. The molecule has 0 saturated carbocycles. The molecule has 0 fully saturated rings. The summed E-state index contributed by atoms with van der Waals surface area (Å²) in [5, 5.41) is 0. The van der Waals surface area contributed by atoms with Crippen molar-refractivity contribution in [2.75, 3.05) is 0 Å². The van der Waals surface area contributed by atoms with Gasteiger partial charge in [0.15, 0.2) is 0 Å². The van der Waals surface area contributed by atoms with Crippen LogP contribution in [0.1, 0.15) is 37.1 Å². The molecular weight excluding hydrogens is 332 g/mol. The highest BCUT2D eigenvalue weighted by atomic mass is 16.1. The van der Waals surface area contributed by atoms with E-state index in [1.165, 1.54) is 11.1 Å². The third-order valence-corrected chi connectivity index (χ3v) is 5.55. The van der Waals surface area contributed by atoms with Gasteiger partial charge in [-0.1, -0.05) is 54.1 Å². The molecule has 0 aliphatic heterocycles. The molecule has 1 aromatic carbocycles. The van der Waals surface area contributed by atoms with Gasteiger partial charge in [-0.2, -0.15) is 0 Å². The zero-order valence-corrected chi connectivity index (χ0v) is 15.8. The number of pyridine rings is 1. The number of hydrogen-bond donors (Lipinski definition) is 1. The largest absolute Gasteiger partial charge is 0.326 e.